The number of nitriles is 2. The van der Waals surface area contributed by atoms with Gasteiger partial charge in [0.05, 0.1) is 58.5 Å². The zero-order valence-electron chi connectivity index (χ0n) is 14.6. The van der Waals surface area contributed by atoms with Crippen LogP contribution in [0.3, 0.4) is 0 Å². The van der Waals surface area contributed by atoms with Gasteiger partial charge in [-0.2, -0.15) is 10.5 Å². The van der Waals surface area contributed by atoms with E-state index in [1.165, 1.54) is 5.56 Å². The van der Waals surface area contributed by atoms with Gasteiger partial charge in [0, 0.05) is 10.6 Å². The van der Waals surface area contributed by atoms with Gasteiger partial charge in [-0.1, -0.05) is 23.7 Å². The monoisotopic (exact) mass is 429 g/mol. The van der Waals surface area contributed by atoms with E-state index in [4.69, 9.17) is 31.6 Å². The number of nitrogens with zero attached hydrogens (tertiary/aromatic N) is 3. The Bertz CT molecular complexity index is 531. The third kappa shape index (κ3) is 11.1. The Kier molecular flexibility index (Phi) is 13.4. The Morgan fingerprint density at radius 1 is 0.920 bits per heavy atom. The predicted molar refractivity (Wildman–Crippen MR) is 93.2 cm³/mol. The molecular weight excluding hydrogens is 406 g/mol. The number of quaternary nitrogens is 1. The van der Waals surface area contributed by atoms with E-state index in [-0.39, 0.29) is 17.0 Å². The molecule has 1 aromatic rings. The van der Waals surface area contributed by atoms with Gasteiger partial charge in [-0.3, -0.25) is 0 Å². The van der Waals surface area contributed by atoms with E-state index < -0.39 is 0 Å². The van der Waals surface area contributed by atoms with Crippen molar-refractivity contribution in [3.8, 4) is 12.1 Å². The van der Waals surface area contributed by atoms with Crippen molar-refractivity contribution in [1.29, 1.82) is 10.5 Å². The second-order valence-corrected chi connectivity index (χ2v) is 6.33. The first-order valence-electron chi connectivity index (χ1n) is 8.07. The Morgan fingerprint density at radius 2 is 1.40 bits per heavy atom. The zero-order chi connectivity index (χ0) is 17.7. The summed E-state index contributed by atoms with van der Waals surface area (Å²) in [5, 5.41) is 17.8. The van der Waals surface area contributed by atoms with Crippen LogP contribution in [0.25, 0.3) is 0 Å². The molecule has 0 spiro atoms. The molecule has 0 aliphatic heterocycles. The van der Waals surface area contributed by atoms with Crippen molar-refractivity contribution in [2.75, 3.05) is 46.6 Å². The van der Waals surface area contributed by atoms with Crippen LogP contribution in [-0.2, 0) is 16.0 Å². The van der Waals surface area contributed by atoms with E-state index in [0.29, 0.717) is 39.3 Å². The maximum Gasteiger partial charge on any atom is 0.104 e. The van der Waals surface area contributed by atoms with Gasteiger partial charge < -0.3 is 30.9 Å². The average molecular weight is 431 g/mol. The Morgan fingerprint density at radius 3 is 1.84 bits per heavy atom. The number of likely N-dealkylation sites (N-methyl/N-ethyl adjacent to an activating group) is 1. The Hall–Kier alpha value is -1.15. The molecule has 0 heterocycles. The lowest BCUT2D eigenvalue weighted by Crippen LogP contribution is -3.00. The summed E-state index contributed by atoms with van der Waals surface area (Å²) in [4.78, 5) is 0. The number of hydrogen-bond acceptors (Lipinski definition) is 4. The number of hydrogen-bond donors (Lipinski definition) is 0. The highest BCUT2D eigenvalue weighted by atomic mass is 79.9. The average Bonchev–Trinajstić information content (AvgIpc) is 2.57. The van der Waals surface area contributed by atoms with Crippen LogP contribution in [0.2, 0.25) is 5.02 Å². The lowest BCUT2D eigenvalue weighted by atomic mass is 10.2. The quantitative estimate of drug-likeness (QED) is 0.350. The van der Waals surface area contributed by atoms with Crippen LogP contribution in [0.1, 0.15) is 18.4 Å². The highest BCUT2D eigenvalue weighted by molar-refractivity contribution is 6.30. The van der Waals surface area contributed by atoms with Crippen LogP contribution in [0.4, 0.5) is 0 Å². The van der Waals surface area contributed by atoms with Crippen molar-refractivity contribution >= 4 is 11.6 Å². The van der Waals surface area contributed by atoms with Crippen LogP contribution < -0.4 is 17.0 Å². The third-order valence-electron chi connectivity index (χ3n) is 3.74. The SMILES string of the molecule is C[N+](CCOCCC#N)(CCOCCC#N)Cc1ccc(Cl)cc1.[Br-]. The lowest BCUT2D eigenvalue weighted by molar-refractivity contribution is -0.923. The number of ether oxygens (including phenoxy) is 2. The smallest absolute Gasteiger partial charge is 0.104 e. The molecule has 0 aliphatic rings. The predicted octanol–water partition coefficient (Wildman–Crippen LogP) is 0.151. The molecule has 0 radical (unpaired) electrons. The fourth-order valence-corrected chi connectivity index (χ4v) is 2.44. The van der Waals surface area contributed by atoms with E-state index in [2.05, 4.69) is 19.2 Å². The highest BCUT2D eigenvalue weighted by Gasteiger charge is 2.22. The van der Waals surface area contributed by atoms with E-state index in [1.807, 2.05) is 24.3 Å². The van der Waals surface area contributed by atoms with Crippen LogP contribution >= 0.6 is 11.6 Å². The summed E-state index contributed by atoms with van der Waals surface area (Å²) in [5.41, 5.74) is 1.20. The Labute approximate surface area is 166 Å². The molecule has 0 aromatic heterocycles. The van der Waals surface area contributed by atoms with Gasteiger partial charge in [0.25, 0.3) is 0 Å². The molecule has 0 saturated carbocycles. The molecule has 0 bridgehead atoms. The zero-order valence-corrected chi connectivity index (χ0v) is 16.9. The van der Waals surface area contributed by atoms with Gasteiger partial charge in [-0.25, -0.2) is 0 Å². The maximum absolute atomic E-state index is 8.55. The van der Waals surface area contributed by atoms with Gasteiger partial charge in [0.2, 0.25) is 0 Å². The molecule has 1 aromatic carbocycles. The third-order valence-corrected chi connectivity index (χ3v) is 4.00. The highest BCUT2D eigenvalue weighted by Crippen LogP contribution is 2.15. The lowest BCUT2D eigenvalue weighted by Gasteiger charge is -2.34. The van der Waals surface area contributed by atoms with Crippen molar-refractivity contribution in [1.82, 2.24) is 0 Å². The number of halogens is 2. The molecule has 138 valence electrons. The van der Waals surface area contributed by atoms with E-state index in [1.54, 1.807) is 0 Å². The first-order valence-corrected chi connectivity index (χ1v) is 8.45. The van der Waals surface area contributed by atoms with Gasteiger partial charge in [0.15, 0.2) is 0 Å². The van der Waals surface area contributed by atoms with E-state index >= 15 is 0 Å². The summed E-state index contributed by atoms with van der Waals surface area (Å²) in [6.45, 7) is 4.64. The van der Waals surface area contributed by atoms with Crippen molar-refractivity contribution in [2.24, 2.45) is 0 Å². The summed E-state index contributed by atoms with van der Waals surface area (Å²) >= 11 is 5.95. The summed E-state index contributed by atoms with van der Waals surface area (Å²) in [6.07, 6.45) is 0.830. The van der Waals surface area contributed by atoms with E-state index in [9.17, 15) is 0 Å². The molecule has 0 unspecified atom stereocenters. The fraction of sp³-hybridized carbons (Fsp3) is 0.556. The number of benzene rings is 1. The largest absolute Gasteiger partial charge is 1.00 e. The van der Waals surface area contributed by atoms with E-state index in [0.717, 1.165) is 29.1 Å². The van der Waals surface area contributed by atoms with Crippen LogP contribution in [-0.4, -0.2) is 51.0 Å². The minimum absolute atomic E-state index is 0. The molecule has 1 rings (SSSR count). The molecule has 0 atom stereocenters. The summed E-state index contributed by atoms with van der Waals surface area (Å²) in [7, 11) is 2.16. The molecule has 0 amide bonds. The second kappa shape index (κ2) is 14.1. The maximum atomic E-state index is 8.55. The molecule has 5 nitrogen and oxygen atoms in total. The molecule has 7 heteroatoms. The first kappa shape index (κ1) is 23.9. The van der Waals surface area contributed by atoms with Crippen molar-refractivity contribution in [2.45, 2.75) is 19.4 Å². The van der Waals surface area contributed by atoms with Gasteiger partial charge in [0.1, 0.15) is 19.6 Å². The van der Waals surface area contributed by atoms with Gasteiger partial charge in [-0.05, 0) is 12.1 Å². The fourth-order valence-electron chi connectivity index (χ4n) is 2.31. The molecular formula is C18H25BrClN3O2. The standard InChI is InChI=1S/C18H25ClN3O2.BrH/c1-22(10-14-23-12-2-8-20,11-15-24-13-3-9-21)16-17-4-6-18(19)7-5-17;/h4-7H,2-3,10-16H2,1H3;1H/q+1;/p-1. The molecule has 25 heavy (non-hydrogen) atoms. The van der Waals surface area contributed by atoms with Gasteiger partial charge >= 0.3 is 0 Å². The summed E-state index contributed by atoms with van der Waals surface area (Å²) in [6, 6.07) is 12.0. The first-order chi connectivity index (χ1) is 11.6. The van der Waals surface area contributed by atoms with Crippen molar-refractivity contribution < 1.29 is 30.9 Å². The molecule has 0 saturated heterocycles. The van der Waals surface area contributed by atoms with Gasteiger partial charge in [-0.15, -0.1) is 0 Å². The number of rotatable bonds is 12. The minimum atomic E-state index is 0. The van der Waals surface area contributed by atoms with Crippen LogP contribution in [0.15, 0.2) is 24.3 Å². The minimum Gasteiger partial charge on any atom is -1.00 e. The summed E-state index contributed by atoms with van der Waals surface area (Å²) in [5.74, 6) is 0. The normalized spacial score (nSPS) is 10.6. The van der Waals surface area contributed by atoms with Crippen molar-refractivity contribution in [3.05, 3.63) is 34.9 Å². The molecule has 0 fully saturated rings. The molecule has 0 N–H and O–H groups in total. The van der Waals surface area contributed by atoms with Crippen LogP contribution in [0, 0.1) is 22.7 Å². The topological polar surface area (TPSA) is 66.0 Å². The Balaban J connectivity index is 0.00000576. The second-order valence-electron chi connectivity index (χ2n) is 5.89. The van der Waals surface area contributed by atoms with Crippen molar-refractivity contribution in [3.63, 3.8) is 0 Å². The van der Waals surface area contributed by atoms with Crippen LogP contribution in [0.5, 0.6) is 0 Å². The molecule has 0 aliphatic carbocycles. The summed E-state index contributed by atoms with van der Waals surface area (Å²) < 4.78 is 11.8.